The molecule has 0 aliphatic heterocycles. The number of rotatable bonds is 38. The molecule has 1 fully saturated rings. The van der Waals surface area contributed by atoms with Crippen LogP contribution >= 0.6 is 12.2 Å². The molecule has 46 heavy (non-hydrogen) atoms. The predicted molar refractivity (Wildman–Crippen MR) is 212 cm³/mol. The fraction of sp³-hybridized carbons (Fsp3) is 0.977. The second kappa shape index (κ2) is 34.7. The number of ether oxygens (including phenoxy) is 1. The van der Waals surface area contributed by atoms with E-state index >= 15 is 0 Å². The molecule has 274 valence electrons. The van der Waals surface area contributed by atoms with Crippen molar-refractivity contribution in [3.05, 3.63) is 0 Å². The van der Waals surface area contributed by atoms with Gasteiger partial charge in [-0.3, -0.25) is 0 Å². The fourth-order valence-corrected chi connectivity index (χ4v) is 7.74. The molecule has 1 rings (SSSR count). The van der Waals surface area contributed by atoms with Crippen LogP contribution in [0, 0.1) is 11.8 Å². The third kappa shape index (κ3) is 30.0. The van der Waals surface area contributed by atoms with Crippen LogP contribution in [0.15, 0.2) is 0 Å². The zero-order chi connectivity index (χ0) is 33.2. The first-order chi connectivity index (χ1) is 22.7. The molecule has 0 spiro atoms. The van der Waals surface area contributed by atoms with Gasteiger partial charge in [0.1, 0.15) is 0 Å². The molecule has 0 aromatic carbocycles. The lowest BCUT2D eigenvalue weighted by atomic mass is 9.94. The van der Waals surface area contributed by atoms with Gasteiger partial charge >= 0.3 is 0 Å². The van der Waals surface area contributed by atoms with E-state index in [2.05, 4.69) is 20.8 Å². The summed E-state index contributed by atoms with van der Waals surface area (Å²) in [6.07, 6.45) is 52.2. The maximum Gasteiger partial charge on any atom is 0.163 e. The van der Waals surface area contributed by atoms with Gasteiger partial charge in [-0.25, -0.2) is 0 Å². The maximum absolute atomic E-state index is 6.59. The van der Waals surface area contributed by atoms with Crippen LogP contribution in [0.5, 0.6) is 0 Å². The summed E-state index contributed by atoms with van der Waals surface area (Å²) in [6.45, 7) is 6.92. The van der Waals surface area contributed by atoms with Crippen molar-refractivity contribution in [2.45, 2.75) is 264 Å². The molecule has 0 aromatic heterocycles. The Labute approximate surface area is 297 Å². The standard InChI is InChI=1S/C44H86OS/c1-4-7-9-11-13-15-17-19-21-23-28-32-36-42(37-33-29-24-22-20-18-16-14-12-10-8-5-2)44(46)45-43(6-3)38-34-30-26-25-27-31-35-41-39-40-41/h41-43H,4-40H2,1-3H3. The van der Waals surface area contributed by atoms with Gasteiger partial charge in [0.2, 0.25) is 0 Å². The molecule has 0 bridgehead atoms. The predicted octanol–water partition coefficient (Wildman–Crippen LogP) is 16.4. The first kappa shape index (κ1) is 43.9. The van der Waals surface area contributed by atoms with Gasteiger partial charge in [-0.1, -0.05) is 226 Å². The first-order valence-corrected chi connectivity index (χ1v) is 22.3. The highest BCUT2D eigenvalue weighted by Crippen LogP contribution is 2.34. The molecule has 1 aliphatic rings. The van der Waals surface area contributed by atoms with Crippen LogP contribution < -0.4 is 0 Å². The Kier molecular flexibility index (Phi) is 33.2. The average Bonchev–Trinajstić information content (AvgIpc) is 3.89. The minimum absolute atomic E-state index is 0.341. The quantitative estimate of drug-likeness (QED) is 0.0480. The molecule has 1 atom stereocenters. The Balaban J connectivity index is 2.25. The lowest BCUT2D eigenvalue weighted by Gasteiger charge is -2.24. The molecule has 0 amide bonds. The van der Waals surface area contributed by atoms with Gasteiger partial charge in [0.15, 0.2) is 5.05 Å². The van der Waals surface area contributed by atoms with E-state index < -0.39 is 0 Å². The van der Waals surface area contributed by atoms with Crippen LogP contribution in [0.25, 0.3) is 0 Å². The Bertz CT molecular complexity index is 585. The van der Waals surface area contributed by atoms with Gasteiger partial charge in [0, 0.05) is 5.92 Å². The summed E-state index contributed by atoms with van der Waals surface area (Å²) >= 11 is 6.04. The summed E-state index contributed by atoms with van der Waals surface area (Å²) in [5.74, 6) is 1.61. The summed E-state index contributed by atoms with van der Waals surface area (Å²) in [7, 11) is 0. The van der Waals surface area contributed by atoms with E-state index in [1.807, 2.05) is 0 Å². The Morgan fingerprint density at radius 3 is 1.13 bits per heavy atom. The summed E-state index contributed by atoms with van der Waals surface area (Å²) in [5, 5.41) is 0.970. The average molecular weight is 663 g/mol. The third-order valence-electron chi connectivity index (χ3n) is 11.0. The van der Waals surface area contributed by atoms with Gasteiger partial charge in [-0.2, -0.15) is 0 Å². The highest BCUT2D eigenvalue weighted by Gasteiger charge is 2.20. The minimum Gasteiger partial charge on any atom is -0.484 e. The Morgan fingerprint density at radius 2 is 0.783 bits per heavy atom. The van der Waals surface area contributed by atoms with Gasteiger partial charge in [0.05, 0.1) is 6.10 Å². The molecule has 1 aliphatic carbocycles. The van der Waals surface area contributed by atoms with Crippen LogP contribution in [0.4, 0.5) is 0 Å². The largest absolute Gasteiger partial charge is 0.484 e. The SMILES string of the molecule is CCCCCCCCCCCCCCC(CCCCCCCCCCCCCC)C(=S)OC(CC)CCCCCCCCC1CC1. The van der Waals surface area contributed by atoms with Crippen LogP contribution in [0.1, 0.15) is 258 Å². The first-order valence-electron chi connectivity index (χ1n) is 21.9. The van der Waals surface area contributed by atoms with Crippen molar-refractivity contribution in [2.75, 3.05) is 0 Å². The summed E-state index contributed by atoms with van der Waals surface area (Å²) in [5.41, 5.74) is 0. The van der Waals surface area contributed by atoms with Crippen molar-refractivity contribution in [2.24, 2.45) is 11.8 Å². The molecule has 1 nitrogen and oxygen atoms in total. The highest BCUT2D eigenvalue weighted by atomic mass is 32.1. The van der Waals surface area contributed by atoms with Crippen molar-refractivity contribution < 1.29 is 4.74 Å². The number of hydrogen-bond acceptors (Lipinski definition) is 2. The summed E-state index contributed by atoms with van der Waals surface area (Å²) < 4.78 is 6.59. The van der Waals surface area contributed by atoms with Crippen molar-refractivity contribution in [1.82, 2.24) is 0 Å². The maximum atomic E-state index is 6.59. The third-order valence-corrected chi connectivity index (χ3v) is 11.4. The molecule has 2 heteroatoms. The lowest BCUT2D eigenvalue weighted by molar-refractivity contribution is 0.160. The fourth-order valence-electron chi connectivity index (χ4n) is 7.37. The zero-order valence-corrected chi connectivity index (χ0v) is 33.0. The van der Waals surface area contributed by atoms with Gasteiger partial charge in [-0.05, 0) is 50.2 Å². The molecule has 0 aromatic rings. The van der Waals surface area contributed by atoms with E-state index in [0.29, 0.717) is 12.0 Å². The summed E-state index contributed by atoms with van der Waals surface area (Å²) in [4.78, 5) is 0. The van der Waals surface area contributed by atoms with Crippen LogP contribution in [-0.2, 0) is 4.74 Å². The van der Waals surface area contributed by atoms with Gasteiger partial charge in [0.25, 0.3) is 0 Å². The van der Waals surface area contributed by atoms with Crippen LogP contribution in [-0.4, -0.2) is 11.2 Å². The van der Waals surface area contributed by atoms with E-state index in [0.717, 1.165) is 17.4 Å². The van der Waals surface area contributed by atoms with Crippen molar-refractivity contribution in [3.63, 3.8) is 0 Å². The van der Waals surface area contributed by atoms with Crippen molar-refractivity contribution >= 4 is 17.3 Å². The molecular formula is C44H86OS. The van der Waals surface area contributed by atoms with E-state index in [1.54, 1.807) is 0 Å². The highest BCUT2D eigenvalue weighted by molar-refractivity contribution is 7.80. The smallest absolute Gasteiger partial charge is 0.163 e. The van der Waals surface area contributed by atoms with Crippen LogP contribution in [0.3, 0.4) is 0 Å². The second-order valence-corrected chi connectivity index (χ2v) is 16.1. The van der Waals surface area contributed by atoms with E-state index in [1.165, 1.54) is 231 Å². The monoisotopic (exact) mass is 663 g/mol. The summed E-state index contributed by atoms with van der Waals surface area (Å²) in [6, 6.07) is 0. The lowest BCUT2D eigenvalue weighted by Crippen LogP contribution is -2.23. The molecule has 0 saturated heterocycles. The van der Waals surface area contributed by atoms with Gasteiger partial charge < -0.3 is 4.74 Å². The van der Waals surface area contributed by atoms with Gasteiger partial charge in [-0.15, -0.1) is 0 Å². The number of hydrogen-bond donors (Lipinski definition) is 0. The molecule has 0 heterocycles. The van der Waals surface area contributed by atoms with Crippen molar-refractivity contribution in [3.8, 4) is 0 Å². The van der Waals surface area contributed by atoms with E-state index in [9.17, 15) is 0 Å². The molecule has 0 N–H and O–H groups in total. The van der Waals surface area contributed by atoms with Crippen LogP contribution in [0.2, 0.25) is 0 Å². The number of unbranched alkanes of at least 4 members (excludes halogenated alkanes) is 27. The molecule has 0 radical (unpaired) electrons. The zero-order valence-electron chi connectivity index (χ0n) is 32.2. The Morgan fingerprint density at radius 1 is 0.457 bits per heavy atom. The molecule has 1 unspecified atom stereocenters. The molecule has 1 saturated carbocycles. The van der Waals surface area contributed by atoms with E-state index in [-0.39, 0.29) is 0 Å². The molecular weight excluding hydrogens is 577 g/mol. The van der Waals surface area contributed by atoms with E-state index in [4.69, 9.17) is 17.0 Å². The van der Waals surface area contributed by atoms with Crippen molar-refractivity contribution in [1.29, 1.82) is 0 Å². The minimum atomic E-state index is 0.341. The second-order valence-electron chi connectivity index (χ2n) is 15.7. The Hall–Kier alpha value is -0.110. The number of thiocarbonyl (C=S) groups is 1. The normalized spacial score (nSPS) is 13.9. The topological polar surface area (TPSA) is 9.23 Å².